The largest absolute Gasteiger partial charge is 0.492 e. The molecule has 0 unspecified atom stereocenters. The first-order valence-electron chi connectivity index (χ1n) is 11.8. The van der Waals surface area contributed by atoms with Crippen molar-refractivity contribution in [3.05, 3.63) is 59.7 Å². The molecule has 0 radical (unpaired) electrons. The van der Waals surface area contributed by atoms with Crippen LogP contribution in [0.1, 0.15) is 49.0 Å². The van der Waals surface area contributed by atoms with Crippen LogP contribution in [0.4, 0.5) is 0 Å². The molecule has 8 heteroatoms. The zero-order valence-corrected chi connectivity index (χ0v) is 20.4. The van der Waals surface area contributed by atoms with Crippen LogP contribution < -0.4 is 10.1 Å². The number of sulfonamides is 1. The minimum absolute atomic E-state index is 0.164. The molecule has 33 heavy (non-hydrogen) atoms. The van der Waals surface area contributed by atoms with Crippen LogP contribution in [0, 0.1) is 0 Å². The number of nitrogens with one attached hydrogen (secondary N) is 1. The predicted octanol–water partition coefficient (Wildman–Crippen LogP) is 3.51. The van der Waals surface area contributed by atoms with Gasteiger partial charge in [-0.15, -0.1) is 0 Å². The molecule has 180 valence electrons. The zero-order valence-electron chi connectivity index (χ0n) is 19.6. The summed E-state index contributed by atoms with van der Waals surface area (Å²) in [5, 5.41) is 2.90. The normalized spacial score (nSPS) is 14.9. The summed E-state index contributed by atoms with van der Waals surface area (Å²) < 4.78 is 33.4. The van der Waals surface area contributed by atoms with Crippen LogP contribution in [0.5, 0.6) is 5.75 Å². The Balaban J connectivity index is 1.63. The summed E-state index contributed by atoms with van der Waals surface area (Å²) in [6.07, 6.45) is 2.79. The first kappa shape index (κ1) is 25.2. The number of hydrogen-bond acceptors (Lipinski definition) is 5. The average molecular weight is 474 g/mol. The molecule has 1 amide bonds. The monoisotopic (exact) mass is 473 g/mol. The molecule has 1 fully saturated rings. The molecule has 1 saturated heterocycles. The zero-order chi connectivity index (χ0) is 23.7. The van der Waals surface area contributed by atoms with E-state index < -0.39 is 10.0 Å². The first-order valence-corrected chi connectivity index (χ1v) is 13.2. The van der Waals surface area contributed by atoms with Crippen molar-refractivity contribution in [1.82, 2.24) is 14.5 Å². The molecule has 0 aromatic heterocycles. The van der Waals surface area contributed by atoms with Crippen molar-refractivity contribution >= 4 is 15.9 Å². The van der Waals surface area contributed by atoms with Crippen LogP contribution in [0.15, 0.2) is 53.4 Å². The molecule has 0 aliphatic carbocycles. The van der Waals surface area contributed by atoms with Crippen LogP contribution in [-0.2, 0) is 16.6 Å². The smallest absolute Gasteiger partial charge is 0.251 e. The number of benzene rings is 2. The van der Waals surface area contributed by atoms with E-state index in [1.54, 1.807) is 18.2 Å². The van der Waals surface area contributed by atoms with E-state index in [-0.39, 0.29) is 10.8 Å². The number of amides is 1. The lowest BCUT2D eigenvalue weighted by molar-refractivity contribution is 0.0950. The van der Waals surface area contributed by atoms with E-state index in [9.17, 15) is 13.2 Å². The fourth-order valence-electron chi connectivity index (χ4n) is 3.94. The van der Waals surface area contributed by atoms with Gasteiger partial charge < -0.3 is 15.0 Å². The SMILES string of the molecule is CCN(CC)CCOc1ccccc1CNC(=O)c1cccc(S(=O)(=O)N2CCCCC2)c1. The number of carbonyl (C=O) groups is 1. The van der Waals surface area contributed by atoms with Crippen molar-refractivity contribution in [1.29, 1.82) is 0 Å². The number of nitrogens with zero attached hydrogens (tertiary/aromatic N) is 2. The van der Waals surface area contributed by atoms with Crippen LogP contribution >= 0.6 is 0 Å². The van der Waals surface area contributed by atoms with Crippen molar-refractivity contribution in [2.75, 3.05) is 39.3 Å². The van der Waals surface area contributed by atoms with E-state index in [0.717, 1.165) is 50.2 Å². The van der Waals surface area contributed by atoms with Crippen LogP contribution in [0.25, 0.3) is 0 Å². The molecular weight excluding hydrogens is 438 g/mol. The van der Waals surface area contributed by atoms with E-state index in [0.29, 0.717) is 31.8 Å². The van der Waals surface area contributed by atoms with Gasteiger partial charge in [-0.1, -0.05) is 44.5 Å². The molecule has 1 aliphatic heterocycles. The van der Waals surface area contributed by atoms with Gasteiger partial charge in [-0.05, 0) is 50.2 Å². The van der Waals surface area contributed by atoms with Gasteiger partial charge in [0, 0.05) is 37.3 Å². The standard InChI is InChI=1S/C25H35N3O4S/c1-3-27(4-2)17-18-32-24-14-7-6-11-22(24)20-26-25(29)21-12-10-13-23(19-21)33(30,31)28-15-8-5-9-16-28/h6-7,10-14,19H,3-5,8-9,15-18,20H2,1-2H3,(H,26,29). The molecule has 0 bridgehead atoms. The lowest BCUT2D eigenvalue weighted by Gasteiger charge is -2.26. The van der Waals surface area contributed by atoms with Crippen molar-refractivity contribution < 1.29 is 17.9 Å². The molecular formula is C25H35N3O4S. The van der Waals surface area contributed by atoms with Gasteiger partial charge in [-0.3, -0.25) is 4.79 Å². The van der Waals surface area contributed by atoms with E-state index >= 15 is 0 Å². The topological polar surface area (TPSA) is 79.0 Å². The maximum Gasteiger partial charge on any atom is 0.251 e. The van der Waals surface area contributed by atoms with Gasteiger partial charge >= 0.3 is 0 Å². The fraction of sp³-hybridized carbons (Fsp3) is 0.480. The predicted molar refractivity (Wildman–Crippen MR) is 130 cm³/mol. The molecule has 7 nitrogen and oxygen atoms in total. The van der Waals surface area contributed by atoms with Gasteiger partial charge in [-0.25, -0.2) is 8.42 Å². The summed E-state index contributed by atoms with van der Waals surface area (Å²) in [5.74, 6) is 0.426. The fourth-order valence-corrected chi connectivity index (χ4v) is 5.51. The van der Waals surface area contributed by atoms with E-state index in [4.69, 9.17) is 4.74 Å². The summed E-state index contributed by atoms with van der Waals surface area (Å²) >= 11 is 0. The highest BCUT2D eigenvalue weighted by molar-refractivity contribution is 7.89. The molecule has 2 aromatic carbocycles. The minimum Gasteiger partial charge on any atom is -0.492 e. The molecule has 1 aliphatic rings. The number of rotatable bonds is 11. The van der Waals surface area contributed by atoms with E-state index in [1.807, 2.05) is 24.3 Å². The Kier molecular flexibility index (Phi) is 9.29. The number of likely N-dealkylation sites (N-methyl/N-ethyl adjacent to an activating group) is 1. The second-order valence-corrected chi connectivity index (χ2v) is 10.1. The number of piperidine rings is 1. The number of carbonyl (C=O) groups excluding carboxylic acids is 1. The Morgan fingerprint density at radius 2 is 1.76 bits per heavy atom. The van der Waals surface area contributed by atoms with Crippen molar-refractivity contribution in [3.63, 3.8) is 0 Å². The number of hydrogen-bond donors (Lipinski definition) is 1. The summed E-state index contributed by atoms with van der Waals surface area (Å²) in [4.78, 5) is 15.2. The highest BCUT2D eigenvalue weighted by Gasteiger charge is 2.26. The van der Waals surface area contributed by atoms with Gasteiger partial charge in [0.05, 0.1) is 4.90 Å². The summed E-state index contributed by atoms with van der Waals surface area (Å²) in [6.45, 7) is 8.97. The Morgan fingerprint density at radius 3 is 2.48 bits per heavy atom. The third-order valence-electron chi connectivity index (χ3n) is 6.02. The molecule has 1 heterocycles. The van der Waals surface area contributed by atoms with Crippen molar-refractivity contribution in [2.24, 2.45) is 0 Å². The highest BCUT2D eigenvalue weighted by atomic mass is 32.2. The highest BCUT2D eigenvalue weighted by Crippen LogP contribution is 2.22. The van der Waals surface area contributed by atoms with Gasteiger partial charge in [-0.2, -0.15) is 4.31 Å². The quantitative estimate of drug-likeness (QED) is 0.540. The Hall–Kier alpha value is -2.42. The summed E-state index contributed by atoms with van der Waals surface area (Å²) in [7, 11) is -3.58. The van der Waals surface area contributed by atoms with Crippen LogP contribution in [0.2, 0.25) is 0 Å². The van der Waals surface area contributed by atoms with Crippen molar-refractivity contribution in [2.45, 2.75) is 44.6 Å². The van der Waals surface area contributed by atoms with Crippen LogP contribution in [0.3, 0.4) is 0 Å². The molecule has 0 saturated carbocycles. The second kappa shape index (κ2) is 12.2. The molecule has 2 aromatic rings. The van der Waals surface area contributed by atoms with Gasteiger partial charge in [0.25, 0.3) is 5.91 Å². The average Bonchev–Trinajstić information content (AvgIpc) is 2.86. The number of ether oxygens (including phenoxy) is 1. The van der Waals surface area contributed by atoms with Gasteiger partial charge in [0.15, 0.2) is 0 Å². The maximum atomic E-state index is 13.0. The first-order chi connectivity index (χ1) is 16.0. The third kappa shape index (κ3) is 6.79. The van der Waals surface area contributed by atoms with Gasteiger partial charge in [0.2, 0.25) is 10.0 Å². The molecule has 0 atom stereocenters. The Morgan fingerprint density at radius 1 is 1.03 bits per heavy atom. The second-order valence-electron chi connectivity index (χ2n) is 8.16. The molecule has 3 rings (SSSR count). The summed E-state index contributed by atoms with van der Waals surface area (Å²) in [5.41, 5.74) is 1.20. The van der Waals surface area contributed by atoms with Crippen molar-refractivity contribution in [3.8, 4) is 5.75 Å². The Labute approximate surface area is 197 Å². The molecule has 0 spiro atoms. The van der Waals surface area contributed by atoms with Gasteiger partial charge in [0.1, 0.15) is 12.4 Å². The van der Waals surface area contributed by atoms with E-state index in [1.165, 1.54) is 10.4 Å². The summed E-state index contributed by atoms with van der Waals surface area (Å²) in [6, 6.07) is 13.9. The Bertz CT molecular complexity index is 1020. The van der Waals surface area contributed by atoms with Crippen LogP contribution in [-0.4, -0.2) is 62.9 Å². The third-order valence-corrected chi connectivity index (χ3v) is 7.92. The van der Waals surface area contributed by atoms with E-state index in [2.05, 4.69) is 24.1 Å². The number of para-hydroxylation sites is 1. The maximum absolute atomic E-state index is 13.0. The minimum atomic E-state index is -3.58. The lowest BCUT2D eigenvalue weighted by atomic mass is 10.1. The molecule has 1 N–H and O–H groups in total. The lowest BCUT2D eigenvalue weighted by Crippen LogP contribution is -2.35.